The van der Waals surface area contributed by atoms with Crippen LogP contribution in [0.4, 0.5) is 0 Å². The largest absolute Gasteiger partial charge is 0.297 e. The van der Waals surface area contributed by atoms with E-state index in [1.54, 1.807) is 0 Å². The van der Waals surface area contributed by atoms with Crippen LogP contribution in [-0.4, -0.2) is 9.55 Å². The van der Waals surface area contributed by atoms with Crippen LogP contribution >= 0.6 is 0 Å². The maximum atomic E-state index is 11.4. The molecule has 4 heteroatoms. The number of imidazole rings is 1. The van der Waals surface area contributed by atoms with Gasteiger partial charge in [0.1, 0.15) is 5.82 Å². The van der Waals surface area contributed by atoms with Crippen molar-refractivity contribution in [2.24, 2.45) is 5.18 Å². The number of nitroso groups, excluding NO2 is 1. The van der Waals surface area contributed by atoms with E-state index in [1.165, 1.54) is 0 Å². The van der Waals surface area contributed by atoms with E-state index >= 15 is 0 Å². The second-order valence-electron chi connectivity index (χ2n) is 5.16. The molecule has 2 heterocycles. The molecule has 0 radical (unpaired) electrons. The summed E-state index contributed by atoms with van der Waals surface area (Å²) < 4.78 is 2.05. The van der Waals surface area contributed by atoms with E-state index in [2.05, 4.69) is 10.2 Å². The highest BCUT2D eigenvalue weighted by Crippen LogP contribution is 2.43. The maximum absolute atomic E-state index is 11.4. The van der Waals surface area contributed by atoms with Crippen LogP contribution in [0, 0.1) is 11.8 Å². The van der Waals surface area contributed by atoms with E-state index in [9.17, 15) is 4.91 Å². The number of aromatic nitrogens is 2. The Morgan fingerprint density at radius 3 is 2.52 bits per heavy atom. The number of nitrogens with zero attached hydrogens (tertiary/aromatic N) is 3. The molecule has 3 aromatic rings. The highest BCUT2D eigenvalue weighted by Gasteiger charge is 2.35. The minimum absolute atomic E-state index is 0.488. The average Bonchev–Trinajstić information content (AvgIpc) is 3.04. The molecule has 21 heavy (non-hydrogen) atoms. The van der Waals surface area contributed by atoms with Crippen molar-refractivity contribution in [3.05, 3.63) is 76.6 Å². The number of hydrogen-bond acceptors (Lipinski definition) is 3. The van der Waals surface area contributed by atoms with Gasteiger partial charge in [-0.3, -0.25) is 4.57 Å². The monoisotopic (exact) mass is 275 g/mol. The van der Waals surface area contributed by atoms with Crippen molar-refractivity contribution in [3.63, 3.8) is 0 Å². The first-order valence-corrected chi connectivity index (χ1v) is 6.87. The van der Waals surface area contributed by atoms with E-state index in [0.717, 1.165) is 34.0 Å². The van der Waals surface area contributed by atoms with Gasteiger partial charge in [0.2, 0.25) is 0 Å². The third kappa shape index (κ3) is 1.59. The number of rotatable bonds is 2. The second-order valence-corrected chi connectivity index (χ2v) is 5.16. The van der Waals surface area contributed by atoms with Crippen molar-refractivity contribution in [2.45, 2.75) is 13.0 Å². The molecule has 1 aliphatic rings. The summed E-state index contributed by atoms with van der Waals surface area (Å²) in [5.74, 6) is 0.877. The lowest BCUT2D eigenvalue weighted by molar-refractivity contribution is 0.852. The molecule has 4 rings (SSSR count). The third-order valence-corrected chi connectivity index (χ3v) is 3.96. The van der Waals surface area contributed by atoms with Gasteiger partial charge in [-0.2, -0.15) is 0 Å². The minimum atomic E-state index is -0.488. The summed E-state index contributed by atoms with van der Waals surface area (Å²) in [5.41, 5.74) is 4.68. The Hall–Kier alpha value is -2.75. The number of hydrogen-bond donors (Lipinski definition) is 0. The van der Waals surface area contributed by atoms with E-state index in [-0.39, 0.29) is 0 Å². The minimum Gasteiger partial charge on any atom is -0.297 e. The molecule has 2 aromatic carbocycles. The normalized spacial score (nSPS) is 15.6. The summed E-state index contributed by atoms with van der Waals surface area (Å²) in [6.45, 7) is 1.96. The summed E-state index contributed by atoms with van der Waals surface area (Å²) >= 11 is 0. The summed E-state index contributed by atoms with van der Waals surface area (Å²) in [4.78, 5) is 16.1. The van der Waals surface area contributed by atoms with Crippen LogP contribution < -0.4 is 0 Å². The van der Waals surface area contributed by atoms with Crippen LogP contribution in [0.2, 0.25) is 0 Å². The quantitative estimate of drug-likeness (QED) is 0.663. The van der Waals surface area contributed by atoms with Crippen molar-refractivity contribution >= 4 is 0 Å². The molecule has 0 fully saturated rings. The molecule has 0 N–H and O–H groups in total. The Labute approximate surface area is 122 Å². The van der Waals surface area contributed by atoms with Crippen LogP contribution in [0.25, 0.3) is 16.9 Å². The highest BCUT2D eigenvalue weighted by molar-refractivity contribution is 5.69. The van der Waals surface area contributed by atoms with Crippen LogP contribution in [0.3, 0.4) is 0 Å². The van der Waals surface area contributed by atoms with Crippen molar-refractivity contribution in [3.8, 4) is 16.9 Å². The number of benzene rings is 2. The summed E-state index contributed by atoms with van der Waals surface area (Å²) in [6.07, 6.45) is 0. The second kappa shape index (κ2) is 4.38. The lowest BCUT2D eigenvalue weighted by Gasteiger charge is -2.04. The fraction of sp³-hybridized carbons (Fsp3) is 0.118. The summed E-state index contributed by atoms with van der Waals surface area (Å²) in [7, 11) is 0. The molecule has 102 valence electrons. The fourth-order valence-corrected chi connectivity index (χ4v) is 3.09. The lowest BCUT2D eigenvalue weighted by atomic mass is 10.0. The van der Waals surface area contributed by atoms with Gasteiger partial charge in [0, 0.05) is 11.1 Å². The molecule has 0 aliphatic carbocycles. The predicted molar refractivity (Wildman–Crippen MR) is 81.4 cm³/mol. The Morgan fingerprint density at radius 1 is 1.05 bits per heavy atom. The van der Waals surface area contributed by atoms with Gasteiger partial charge in [0.25, 0.3) is 0 Å². The van der Waals surface area contributed by atoms with Crippen LogP contribution in [0.1, 0.15) is 23.1 Å². The lowest BCUT2D eigenvalue weighted by Crippen LogP contribution is -1.96. The van der Waals surface area contributed by atoms with Gasteiger partial charge in [0.05, 0.1) is 17.1 Å². The molecule has 0 unspecified atom stereocenters. The topological polar surface area (TPSA) is 47.2 Å². The van der Waals surface area contributed by atoms with Crippen molar-refractivity contribution in [1.82, 2.24) is 9.55 Å². The van der Waals surface area contributed by atoms with Crippen molar-refractivity contribution in [1.29, 1.82) is 0 Å². The van der Waals surface area contributed by atoms with Gasteiger partial charge in [-0.1, -0.05) is 53.7 Å². The predicted octanol–water partition coefficient (Wildman–Crippen LogP) is 4.02. The van der Waals surface area contributed by atoms with Gasteiger partial charge in [0.15, 0.2) is 6.04 Å². The zero-order valence-corrected chi connectivity index (χ0v) is 11.5. The zero-order valence-electron chi connectivity index (χ0n) is 11.5. The molecule has 0 amide bonds. The smallest absolute Gasteiger partial charge is 0.161 e. The Kier molecular flexibility index (Phi) is 2.51. The number of fused-ring (bicyclic) bond motifs is 3. The molecule has 0 bridgehead atoms. The summed E-state index contributed by atoms with van der Waals surface area (Å²) in [5, 5.41) is 3.36. The summed E-state index contributed by atoms with van der Waals surface area (Å²) in [6, 6.07) is 17.3. The molecule has 1 atom stereocenters. The first kappa shape index (κ1) is 12.0. The van der Waals surface area contributed by atoms with Crippen molar-refractivity contribution < 1.29 is 0 Å². The van der Waals surface area contributed by atoms with E-state index in [4.69, 9.17) is 0 Å². The molecule has 1 aromatic heterocycles. The average molecular weight is 275 g/mol. The molecule has 0 spiro atoms. The maximum Gasteiger partial charge on any atom is 0.161 e. The molecule has 4 nitrogen and oxygen atoms in total. The highest BCUT2D eigenvalue weighted by atomic mass is 16.3. The number of para-hydroxylation sites is 1. The molecular weight excluding hydrogens is 262 g/mol. The van der Waals surface area contributed by atoms with Crippen molar-refractivity contribution in [2.75, 3.05) is 0 Å². The molecule has 1 aliphatic heterocycles. The molecule has 0 saturated heterocycles. The molecular formula is C17H13N3O. The van der Waals surface area contributed by atoms with Gasteiger partial charge < -0.3 is 0 Å². The van der Waals surface area contributed by atoms with Gasteiger partial charge in [-0.05, 0) is 13.0 Å². The van der Waals surface area contributed by atoms with Gasteiger partial charge in [-0.25, -0.2) is 4.98 Å². The molecule has 0 saturated carbocycles. The Morgan fingerprint density at radius 2 is 1.76 bits per heavy atom. The number of aryl methyl sites for hydroxylation is 1. The van der Waals surface area contributed by atoms with E-state index in [0.29, 0.717) is 0 Å². The zero-order chi connectivity index (χ0) is 14.4. The van der Waals surface area contributed by atoms with Crippen LogP contribution in [0.5, 0.6) is 0 Å². The Bertz CT molecular complexity index is 836. The SMILES string of the molecule is Cc1nc(-c2ccccc2)c2n1-c1ccccc1[C@H]2N=O. The van der Waals surface area contributed by atoms with Gasteiger partial charge in [-0.15, -0.1) is 4.91 Å². The first-order valence-electron chi connectivity index (χ1n) is 6.87. The first-order chi connectivity index (χ1) is 10.3. The van der Waals surface area contributed by atoms with E-state index < -0.39 is 6.04 Å². The van der Waals surface area contributed by atoms with Gasteiger partial charge >= 0.3 is 0 Å². The van der Waals surface area contributed by atoms with E-state index in [1.807, 2.05) is 66.1 Å². The fourth-order valence-electron chi connectivity index (χ4n) is 3.09. The van der Waals surface area contributed by atoms with Crippen LogP contribution in [0.15, 0.2) is 59.8 Å². The standard InChI is InChI=1S/C17H13N3O/c1-11-18-15(12-7-3-2-4-8-12)17-16(19-21)13-9-5-6-10-14(13)20(11)17/h2-10,16H,1H3/t16-/m1/s1. The third-order valence-electron chi connectivity index (χ3n) is 3.96. The Balaban J connectivity index is 2.03. The van der Waals surface area contributed by atoms with Crippen LogP contribution in [-0.2, 0) is 0 Å².